The van der Waals surface area contributed by atoms with Crippen molar-refractivity contribution in [2.24, 2.45) is 0 Å². The van der Waals surface area contributed by atoms with Gasteiger partial charge in [0, 0.05) is 22.4 Å². The normalized spacial score (nSPS) is 14.8. The Bertz CT molecular complexity index is 3180. The fraction of sp³-hybridized carbons (Fsp3) is 0.0377. The molecule has 0 aliphatic heterocycles. The van der Waals surface area contributed by atoms with Crippen LogP contribution in [0.2, 0.25) is 0 Å². The first-order valence-corrected chi connectivity index (χ1v) is 19.2. The minimum atomic E-state index is -0.540. The summed E-state index contributed by atoms with van der Waals surface area (Å²) in [5, 5.41) is 4.93. The fourth-order valence-electron chi connectivity index (χ4n) is 11.2. The van der Waals surface area contributed by atoms with Gasteiger partial charge < -0.3 is 0 Å². The van der Waals surface area contributed by atoms with E-state index in [1.165, 1.54) is 99.3 Å². The third-order valence-corrected chi connectivity index (χ3v) is 13.1. The van der Waals surface area contributed by atoms with Crippen LogP contribution in [0.3, 0.4) is 0 Å². The highest BCUT2D eigenvalue weighted by Crippen LogP contribution is 2.67. The van der Waals surface area contributed by atoms with Crippen molar-refractivity contribution in [2.45, 2.75) is 10.8 Å². The van der Waals surface area contributed by atoms with Crippen molar-refractivity contribution < 1.29 is 0 Å². The lowest BCUT2D eigenvalue weighted by molar-refractivity contribution is 0.633. The summed E-state index contributed by atoms with van der Waals surface area (Å²) in [5.74, 6) is 0.925. The van der Waals surface area contributed by atoms with Crippen molar-refractivity contribution in [2.75, 3.05) is 0 Å². The molecule has 0 atom stereocenters. The topological polar surface area (TPSA) is 17.8 Å². The van der Waals surface area contributed by atoms with Gasteiger partial charge in [0.25, 0.3) is 0 Å². The zero-order chi connectivity index (χ0) is 35.9. The number of aromatic nitrogens is 2. The number of benzene rings is 8. The minimum absolute atomic E-state index is 0.457. The van der Waals surface area contributed by atoms with Gasteiger partial charge in [-0.2, -0.15) is 0 Å². The predicted octanol–water partition coefficient (Wildman–Crippen LogP) is 12.4. The molecule has 3 aliphatic carbocycles. The molecule has 0 bridgehead atoms. The predicted molar refractivity (Wildman–Crippen MR) is 224 cm³/mol. The van der Waals surface area contributed by atoms with Gasteiger partial charge in [-0.05, 0) is 96.4 Å². The van der Waals surface area contributed by atoms with E-state index in [2.05, 4.69) is 187 Å². The molecule has 0 fully saturated rings. The second kappa shape index (κ2) is 10.3. The van der Waals surface area contributed by atoms with Crippen LogP contribution in [0, 0.1) is 0 Å². The van der Waals surface area contributed by atoms with Gasteiger partial charge in [-0.3, -0.25) is 4.57 Å². The lowest BCUT2D eigenvalue weighted by atomic mass is 9.52. The molecule has 0 unspecified atom stereocenters. The van der Waals surface area contributed by atoms with E-state index in [4.69, 9.17) is 4.98 Å². The lowest BCUT2D eigenvalue weighted by Crippen LogP contribution is -2.43. The van der Waals surface area contributed by atoms with Crippen LogP contribution in [0.5, 0.6) is 0 Å². The van der Waals surface area contributed by atoms with Crippen molar-refractivity contribution in [3.63, 3.8) is 0 Å². The molecule has 8 aromatic carbocycles. The molecule has 55 heavy (non-hydrogen) atoms. The molecule has 2 nitrogen and oxygen atoms in total. The Kier molecular flexibility index (Phi) is 5.53. The second-order valence-corrected chi connectivity index (χ2v) is 15.3. The number of fused-ring (bicyclic) bond motifs is 21. The molecule has 254 valence electrons. The molecule has 3 aliphatic rings. The van der Waals surface area contributed by atoms with Crippen LogP contribution < -0.4 is 0 Å². The van der Waals surface area contributed by atoms with Gasteiger partial charge in [0.15, 0.2) is 0 Å². The summed E-state index contributed by atoms with van der Waals surface area (Å²) in [6, 6.07) is 70.7. The van der Waals surface area contributed by atoms with Gasteiger partial charge in [-0.15, -0.1) is 0 Å². The molecule has 0 saturated carbocycles. The van der Waals surface area contributed by atoms with Crippen LogP contribution in [0.1, 0.15) is 44.5 Å². The van der Waals surface area contributed by atoms with Crippen molar-refractivity contribution in [1.82, 2.24) is 9.55 Å². The van der Waals surface area contributed by atoms with Crippen molar-refractivity contribution in [1.29, 1.82) is 0 Å². The highest BCUT2D eigenvalue weighted by Gasteiger charge is 2.58. The number of hydrogen-bond acceptors (Lipinski definition) is 1. The Morgan fingerprint density at radius 3 is 1.42 bits per heavy atom. The first kappa shape index (κ1) is 29.4. The van der Waals surface area contributed by atoms with Crippen LogP contribution in [0.25, 0.3) is 60.6 Å². The van der Waals surface area contributed by atoms with E-state index in [1.807, 2.05) is 12.3 Å². The average molecular weight is 697 g/mol. The molecule has 0 amide bonds. The molecule has 2 spiro atoms. The standard InChI is InChI=1S/C53H32N2/c1-2-16-34-33(15-1)28-29-38-40-31-48-39(32-49(40)55(51(34)38)50-27-13-14-30-54-50)37-19-5-8-22-43(37)53(48)46-25-11-9-23-44(46)52(45-24-10-12-26-47(45)53)41-20-6-3-17-35(41)36-18-4-7-21-42(36)52/h1-32H. The Morgan fingerprint density at radius 2 is 0.836 bits per heavy atom. The summed E-state index contributed by atoms with van der Waals surface area (Å²) in [4.78, 5) is 4.95. The van der Waals surface area contributed by atoms with Crippen LogP contribution in [-0.4, -0.2) is 9.55 Å². The maximum atomic E-state index is 4.95. The van der Waals surface area contributed by atoms with Crippen LogP contribution in [0.4, 0.5) is 0 Å². The average Bonchev–Trinajstić information content (AvgIpc) is 3.85. The molecule has 2 aromatic heterocycles. The molecule has 0 N–H and O–H groups in total. The highest BCUT2D eigenvalue weighted by molar-refractivity contribution is 6.19. The molecule has 2 heterocycles. The summed E-state index contributed by atoms with van der Waals surface area (Å²) in [6.45, 7) is 0. The van der Waals surface area contributed by atoms with E-state index in [1.54, 1.807) is 0 Å². The van der Waals surface area contributed by atoms with Gasteiger partial charge in [0.05, 0.1) is 21.9 Å². The van der Waals surface area contributed by atoms with Crippen LogP contribution in [-0.2, 0) is 10.8 Å². The molecular weight excluding hydrogens is 665 g/mol. The van der Waals surface area contributed by atoms with Crippen molar-refractivity contribution in [3.8, 4) is 28.1 Å². The van der Waals surface area contributed by atoms with Gasteiger partial charge >= 0.3 is 0 Å². The number of pyridine rings is 1. The molecule has 0 radical (unpaired) electrons. The minimum Gasteiger partial charge on any atom is -0.293 e. The smallest absolute Gasteiger partial charge is 0.137 e. The van der Waals surface area contributed by atoms with E-state index in [0.29, 0.717) is 0 Å². The zero-order valence-corrected chi connectivity index (χ0v) is 29.9. The van der Waals surface area contributed by atoms with E-state index < -0.39 is 10.8 Å². The van der Waals surface area contributed by atoms with Crippen LogP contribution in [0.15, 0.2) is 194 Å². The number of hydrogen-bond donors (Lipinski definition) is 0. The quantitative estimate of drug-likeness (QED) is 0.167. The van der Waals surface area contributed by atoms with E-state index in [0.717, 1.165) is 5.82 Å². The molecule has 13 rings (SSSR count). The molecule has 10 aromatic rings. The molecule has 0 saturated heterocycles. The third-order valence-electron chi connectivity index (χ3n) is 13.1. The zero-order valence-electron chi connectivity index (χ0n) is 29.9. The SMILES string of the molecule is c1ccc(-n2c3cc4c(cc3c3ccc5ccccc5c32)C2(c3ccccc3-4)c3ccccc3C3(c4ccccc4-c4ccccc43)c3ccccc32)nc1. The summed E-state index contributed by atoms with van der Waals surface area (Å²) in [7, 11) is 0. The van der Waals surface area contributed by atoms with Gasteiger partial charge in [-0.1, -0.05) is 164 Å². The fourth-order valence-corrected chi connectivity index (χ4v) is 11.2. The van der Waals surface area contributed by atoms with E-state index in [-0.39, 0.29) is 0 Å². The second-order valence-electron chi connectivity index (χ2n) is 15.3. The summed E-state index contributed by atoms with van der Waals surface area (Å²) in [5.41, 5.74) is 17.4. The summed E-state index contributed by atoms with van der Waals surface area (Å²) < 4.78 is 2.39. The Balaban J connectivity index is 1.22. The Hall–Kier alpha value is -7.03. The molecule has 2 heteroatoms. The largest absolute Gasteiger partial charge is 0.293 e. The summed E-state index contributed by atoms with van der Waals surface area (Å²) >= 11 is 0. The monoisotopic (exact) mass is 696 g/mol. The van der Waals surface area contributed by atoms with Gasteiger partial charge in [0.2, 0.25) is 0 Å². The maximum Gasteiger partial charge on any atom is 0.137 e. The van der Waals surface area contributed by atoms with Gasteiger partial charge in [-0.25, -0.2) is 4.98 Å². The Morgan fingerprint density at radius 1 is 0.345 bits per heavy atom. The van der Waals surface area contributed by atoms with E-state index in [9.17, 15) is 0 Å². The molecular formula is C53H32N2. The maximum absolute atomic E-state index is 4.95. The number of nitrogens with zero attached hydrogens (tertiary/aromatic N) is 2. The van der Waals surface area contributed by atoms with E-state index >= 15 is 0 Å². The highest BCUT2D eigenvalue weighted by atomic mass is 15.1. The van der Waals surface area contributed by atoms with Crippen LogP contribution >= 0.6 is 0 Å². The first-order valence-electron chi connectivity index (χ1n) is 19.2. The van der Waals surface area contributed by atoms with Gasteiger partial charge in [0.1, 0.15) is 5.82 Å². The van der Waals surface area contributed by atoms with Crippen molar-refractivity contribution in [3.05, 3.63) is 239 Å². The third kappa shape index (κ3) is 3.37. The van der Waals surface area contributed by atoms with Crippen molar-refractivity contribution >= 4 is 32.6 Å². The summed E-state index contributed by atoms with van der Waals surface area (Å²) in [6.07, 6.45) is 1.90. The lowest BCUT2D eigenvalue weighted by Gasteiger charge is -2.48. The first-order chi connectivity index (χ1) is 27.3. The number of rotatable bonds is 1. The Labute approximate surface area is 318 Å².